The monoisotopic (exact) mass is 404 g/mol. The van der Waals surface area contributed by atoms with E-state index in [1.54, 1.807) is 6.92 Å². The summed E-state index contributed by atoms with van der Waals surface area (Å²) in [6, 6.07) is 0. The van der Waals surface area contributed by atoms with Crippen LogP contribution in [0.1, 0.15) is 80.6 Å². The molecule has 3 nitrogen and oxygen atoms in total. The molecule has 0 bridgehead atoms. The van der Waals surface area contributed by atoms with Crippen LogP contribution < -0.4 is 0 Å². The molecule has 28 heavy (non-hydrogen) atoms. The third kappa shape index (κ3) is 9.51. The van der Waals surface area contributed by atoms with Crippen LogP contribution in [0, 0.1) is 17.8 Å². The molecule has 2 atom stereocenters. The maximum atomic E-state index is 14.1. The van der Waals surface area contributed by atoms with Gasteiger partial charge in [0.05, 0.1) is 20.3 Å². The molecule has 0 aromatic rings. The van der Waals surface area contributed by atoms with E-state index in [1.165, 1.54) is 46.1 Å². The van der Waals surface area contributed by atoms with Gasteiger partial charge < -0.3 is 14.2 Å². The van der Waals surface area contributed by atoms with Crippen molar-refractivity contribution in [3.8, 4) is 0 Å². The van der Waals surface area contributed by atoms with E-state index in [2.05, 4.69) is 6.92 Å². The number of ether oxygens (including phenoxy) is 3. The molecule has 166 valence electrons. The summed E-state index contributed by atoms with van der Waals surface area (Å²) in [6.45, 7) is 13.9. The second-order valence-corrected chi connectivity index (χ2v) is 7.50. The molecule has 0 N–H and O–H groups in total. The first-order valence-electron chi connectivity index (χ1n) is 10.8. The van der Waals surface area contributed by atoms with Crippen molar-refractivity contribution in [2.24, 2.45) is 17.8 Å². The number of hydrogen-bond donors (Lipinski definition) is 0. The van der Waals surface area contributed by atoms with Gasteiger partial charge in [0.15, 0.2) is 17.9 Å². The Morgan fingerprint density at radius 1 is 0.929 bits per heavy atom. The lowest BCUT2D eigenvalue weighted by Crippen LogP contribution is -2.24. The summed E-state index contributed by atoms with van der Waals surface area (Å²) in [6.07, 6.45) is 5.95. The van der Waals surface area contributed by atoms with Crippen LogP contribution in [0.15, 0.2) is 23.0 Å². The fourth-order valence-corrected chi connectivity index (χ4v) is 3.16. The van der Waals surface area contributed by atoms with E-state index in [0.717, 1.165) is 5.92 Å². The van der Waals surface area contributed by atoms with Gasteiger partial charge in [-0.15, -0.1) is 0 Å². The van der Waals surface area contributed by atoms with Crippen LogP contribution in [-0.2, 0) is 14.2 Å². The van der Waals surface area contributed by atoms with E-state index in [1.807, 2.05) is 27.7 Å². The zero-order valence-corrected chi connectivity index (χ0v) is 19.2. The van der Waals surface area contributed by atoms with E-state index >= 15 is 0 Å². The lowest BCUT2D eigenvalue weighted by Gasteiger charge is -2.28. The molecule has 1 aliphatic rings. The molecule has 0 radical (unpaired) electrons. The van der Waals surface area contributed by atoms with Crippen LogP contribution >= 0.6 is 0 Å². The first kappa shape index (κ1) is 27.1. The molecule has 1 aliphatic carbocycles. The van der Waals surface area contributed by atoms with Gasteiger partial charge in [-0.1, -0.05) is 47.0 Å². The summed E-state index contributed by atoms with van der Waals surface area (Å²) in [4.78, 5) is 0. The van der Waals surface area contributed by atoms with Gasteiger partial charge in [0.2, 0.25) is 0 Å². The van der Waals surface area contributed by atoms with Crippen LogP contribution in [0.4, 0.5) is 8.78 Å². The highest BCUT2D eigenvalue weighted by Crippen LogP contribution is 2.31. The highest BCUT2D eigenvalue weighted by molar-refractivity contribution is 5.27. The molecule has 2 unspecified atom stereocenters. The third-order valence-electron chi connectivity index (χ3n) is 5.58. The van der Waals surface area contributed by atoms with Crippen molar-refractivity contribution in [1.82, 2.24) is 0 Å². The van der Waals surface area contributed by atoms with Crippen molar-refractivity contribution < 1.29 is 23.0 Å². The zero-order valence-electron chi connectivity index (χ0n) is 19.2. The summed E-state index contributed by atoms with van der Waals surface area (Å²) in [7, 11) is 1.32. The van der Waals surface area contributed by atoms with Crippen molar-refractivity contribution in [3.05, 3.63) is 23.0 Å². The van der Waals surface area contributed by atoms with Crippen molar-refractivity contribution in [1.29, 1.82) is 0 Å². The summed E-state index contributed by atoms with van der Waals surface area (Å²) in [5.41, 5.74) is 0.309. The smallest absolute Gasteiger partial charge is 0.195 e. The standard InChI is InChI=1S/C21H36F2O3.C2H6/c1-7-18-8-10-19(11-9-18)13-26-17(5)25-12-14(2)15(3)20(22)21(23)16(4)24-6;1-2/h14,17-19H,7-13H2,1-6H3;1-2H3/b20-15-,21-16-;. The van der Waals surface area contributed by atoms with E-state index < -0.39 is 11.7 Å². The van der Waals surface area contributed by atoms with E-state index in [-0.39, 0.29) is 24.6 Å². The Kier molecular flexibility index (Phi) is 14.5. The number of halogens is 2. The van der Waals surface area contributed by atoms with Gasteiger partial charge >= 0.3 is 0 Å². The largest absolute Gasteiger partial charge is 0.498 e. The summed E-state index contributed by atoms with van der Waals surface area (Å²) in [5.74, 6) is -0.662. The average Bonchev–Trinajstić information content (AvgIpc) is 2.75. The molecule has 1 fully saturated rings. The number of hydrogen-bond acceptors (Lipinski definition) is 3. The Morgan fingerprint density at radius 3 is 1.96 bits per heavy atom. The fourth-order valence-electron chi connectivity index (χ4n) is 3.16. The van der Waals surface area contributed by atoms with Crippen molar-refractivity contribution in [3.63, 3.8) is 0 Å². The molecule has 1 saturated carbocycles. The third-order valence-corrected chi connectivity index (χ3v) is 5.58. The first-order chi connectivity index (χ1) is 13.3. The Hall–Kier alpha value is -0.940. The van der Waals surface area contributed by atoms with Crippen molar-refractivity contribution >= 4 is 0 Å². The molecule has 5 heteroatoms. The fraction of sp³-hybridized carbons (Fsp3) is 0.826. The molecule has 1 rings (SSSR count). The lowest BCUT2D eigenvalue weighted by atomic mass is 9.81. The van der Waals surface area contributed by atoms with Gasteiger partial charge in [0, 0.05) is 5.92 Å². The van der Waals surface area contributed by atoms with Crippen LogP contribution in [0.5, 0.6) is 0 Å². The Bertz CT molecular complexity index is 480. The average molecular weight is 405 g/mol. The summed E-state index contributed by atoms with van der Waals surface area (Å²) < 4.78 is 44.2. The first-order valence-corrected chi connectivity index (χ1v) is 10.8. The molecule has 0 heterocycles. The molecule has 0 aromatic heterocycles. The van der Waals surface area contributed by atoms with Crippen molar-refractivity contribution in [2.75, 3.05) is 20.3 Å². The summed E-state index contributed by atoms with van der Waals surface area (Å²) >= 11 is 0. The SMILES string of the molecule is CC.CCC1CCC(COC(C)OCC(C)/C(C)=C(F)/C(F)=C(\C)OC)CC1. The maximum absolute atomic E-state index is 14.1. The van der Waals surface area contributed by atoms with Gasteiger partial charge in [0.1, 0.15) is 5.76 Å². The molecule has 0 amide bonds. The predicted octanol–water partition coefficient (Wildman–Crippen LogP) is 7.34. The molecule has 0 spiro atoms. The zero-order chi connectivity index (χ0) is 21.7. The van der Waals surface area contributed by atoms with Crippen LogP contribution in [0.2, 0.25) is 0 Å². The van der Waals surface area contributed by atoms with E-state index in [0.29, 0.717) is 18.1 Å². The van der Waals surface area contributed by atoms with Gasteiger partial charge in [-0.2, -0.15) is 0 Å². The Balaban J connectivity index is 0.00000352. The minimum Gasteiger partial charge on any atom is -0.498 e. The Morgan fingerprint density at radius 2 is 1.46 bits per heavy atom. The van der Waals surface area contributed by atoms with Crippen LogP contribution in [0.3, 0.4) is 0 Å². The normalized spacial score (nSPS) is 23.6. The molecule has 0 aliphatic heterocycles. The van der Waals surface area contributed by atoms with Gasteiger partial charge in [-0.25, -0.2) is 8.78 Å². The highest BCUT2D eigenvalue weighted by atomic mass is 19.2. The quantitative estimate of drug-likeness (QED) is 0.217. The molecular weight excluding hydrogens is 362 g/mol. The molecular formula is C23H42F2O3. The van der Waals surface area contributed by atoms with Crippen LogP contribution in [-0.4, -0.2) is 26.6 Å². The Labute approximate surface area is 171 Å². The minimum atomic E-state index is -0.955. The molecule has 0 aromatic carbocycles. The van der Waals surface area contributed by atoms with Crippen LogP contribution in [0.25, 0.3) is 0 Å². The summed E-state index contributed by atoms with van der Waals surface area (Å²) in [5, 5.41) is 0. The minimum absolute atomic E-state index is 0.0653. The molecule has 0 saturated heterocycles. The van der Waals surface area contributed by atoms with Gasteiger partial charge in [-0.3, -0.25) is 0 Å². The topological polar surface area (TPSA) is 27.7 Å². The number of allylic oxidation sites excluding steroid dienone is 3. The number of rotatable bonds is 10. The predicted molar refractivity (Wildman–Crippen MR) is 112 cm³/mol. The lowest BCUT2D eigenvalue weighted by molar-refractivity contribution is -0.145. The van der Waals surface area contributed by atoms with E-state index in [4.69, 9.17) is 14.2 Å². The highest BCUT2D eigenvalue weighted by Gasteiger charge is 2.21. The second-order valence-electron chi connectivity index (χ2n) is 7.50. The second kappa shape index (κ2) is 15.0. The van der Waals surface area contributed by atoms with Gasteiger partial charge in [0.25, 0.3) is 0 Å². The van der Waals surface area contributed by atoms with Crippen molar-refractivity contribution in [2.45, 2.75) is 86.9 Å². The van der Waals surface area contributed by atoms with Gasteiger partial charge in [-0.05, 0) is 51.0 Å². The van der Waals surface area contributed by atoms with E-state index in [9.17, 15) is 8.78 Å². The number of methoxy groups -OCH3 is 1. The maximum Gasteiger partial charge on any atom is 0.195 e.